The maximum absolute atomic E-state index is 12.7. The maximum Gasteiger partial charge on any atom is 0.256 e. The molecule has 0 aliphatic carbocycles. The number of rotatable bonds is 9. The van der Waals surface area contributed by atoms with Crippen molar-refractivity contribution in [3.05, 3.63) is 112 Å². The Morgan fingerprint density at radius 2 is 1.58 bits per heavy atom. The predicted molar refractivity (Wildman–Crippen MR) is 151 cm³/mol. The summed E-state index contributed by atoms with van der Waals surface area (Å²) in [5.41, 5.74) is 3.83. The molecule has 1 aliphatic rings. The lowest BCUT2D eigenvalue weighted by atomic mass is 9.96. The number of carbonyl (C=O) groups is 1. The van der Waals surface area contributed by atoms with Crippen LogP contribution in [0.4, 0.5) is 0 Å². The molecule has 1 amide bonds. The van der Waals surface area contributed by atoms with Crippen molar-refractivity contribution < 1.29 is 4.79 Å². The normalized spacial score (nSPS) is 14.7. The summed E-state index contributed by atoms with van der Waals surface area (Å²) in [7, 11) is 0. The number of nitrogens with zero attached hydrogens (tertiary/aromatic N) is 3. The number of piperazine rings is 1. The van der Waals surface area contributed by atoms with Gasteiger partial charge in [0.25, 0.3) is 5.91 Å². The Morgan fingerprint density at radius 1 is 0.921 bits per heavy atom. The van der Waals surface area contributed by atoms with Gasteiger partial charge in [-0.15, -0.1) is 0 Å². The van der Waals surface area contributed by atoms with Crippen LogP contribution in [0.5, 0.6) is 0 Å². The Balaban J connectivity index is 1.08. The number of hydrogen-bond acceptors (Lipinski definition) is 5. The van der Waals surface area contributed by atoms with Gasteiger partial charge >= 0.3 is 0 Å². The molecule has 2 N–H and O–H groups in total. The molecule has 0 unspecified atom stereocenters. The average molecular weight is 510 g/mol. The fourth-order valence-electron chi connectivity index (χ4n) is 5.26. The highest BCUT2D eigenvalue weighted by molar-refractivity contribution is 5.96. The van der Waals surface area contributed by atoms with Gasteiger partial charge in [-0.05, 0) is 49.6 Å². The molecule has 1 fully saturated rings. The highest BCUT2D eigenvalue weighted by Crippen LogP contribution is 2.29. The lowest BCUT2D eigenvalue weighted by molar-refractivity contribution is 0.0948. The molecule has 2 aromatic carbocycles. The average Bonchev–Trinajstić information content (AvgIpc) is 2.95. The Bertz CT molecular complexity index is 1370. The molecule has 7 heteroatoms. The number of benzene rings is 2. The minimum atomic E-state index is -0.338. The van der Waals surface area contributed by atoms with E-state index in [-0.39, 0.29) is 22.9 Å². The summed E-state index contributed by atoms with van der Waals surface area (Å²) in [5, 5.41) is 3.34. The van der Waals surface area contributed by atoms with E-state index in [2.05, 4.69) is 85.7 Å². The van der Waals surface area contributed by atoms with Crippen molar-refractivity contribution >= 4 is 16.9 Å². The second-order valence-corrected chi connectivity index (χ2v) is 9.94. The Labute approximate surface area is 223 Å². The molecule has 5 rings (SSSR count). The topological polar surface area (TPSA) is 81.3 Å². The fourth-order valence-corrected chi connectivity index (χ4v) is 5.26. The van der Waals surface area contributed by atoms with Crippen molar-refractivity contribution in [1.29, 1.82) is 0 Å². The van der Waals surface area contributed by atoms with E-state index in [0.717, 1.165) is 51.3 Å². The highest BCUT2D eigenvalue weighted by atomic mass is 16.2. The van der Waals surface area contributed by atoms with Crippen LogP contribution in [0.15, 0.2) is 83.8 Å². The monoisotopic (exact) mass is 509 g/mol. The minimum Gasteiger partial charge on any atom is -0.352 e. The quantitative estimate of drug-likeness (QED) is 0.332. The highest BCUT2D eigenvalue weighted by Gasteiger charge is 2.26. The number of aromatic amines is 1. The van der Waals surface area contributed by atoms with Gasteiger partial charge in [0.15, 0.2) is 0 Å². The maximum atomic E-state index is 12.7. The summed E-state index contributed by atoms with van der Waals surface area (Å²) >= 11 is 0. The van der Waals surface area contributed by atoms with Crippen LogP contribution in [0.3, 0.4) is 0 Å². The summed E-state index contributed by atoms with van der Waals surface area (Å²) in [6, 6.07) is 25.3. The number of hydrogen-bond donors (Lipinski definition) is 2. The SMILES string of the molecule is Cc1ccc2c(=O)c(C(=O)NCCCCN3CCN(C(c4ccccc4)c4ccccc4)CC3)c[nH]c2n1. The van der Waals surface area contributed by atoms with E-state index >= 15 is 0 Å². The molecule has 3 heterocycles. The molecule has 0 atom stereocenters. The lowest BCUT2D eigenvalue weighted by Crippen LogP contribution is -2.48. The first kappa shape index (κ1) is 25.8. The van der Waals surface area contributed by atoms with E-state index in [9.17, 15) is 9.59 Å². The number of amides is 1. The number of aromatic nitrogens is 2. The van der Waals surface area contributed by atoms with Crippen molar-refractivity contribution in [1.82, 2.24) is 25.1 Å². The van der Waals surface area contributed by atoms with Crippen LogP contribution in [0, 0.1) is 6.92 Å². The number of fused-ring (bicyclic) bond motifs is 1. The van der Waals surface area contributed by atoms with Crippen LogP contribution in [0.1, 0.15) is 46.1 Å². The van der Waals surface area contributed by atoms with Gasteiger partial charge < -0.3 is 15.2 Å². The zero-order valence-electron chi connectivity index (χ0n) is 21.9. The van der Waals surface area contributed by atoms with Crippen molar-refractivity contribution in [2.75, 3.05) is 39.3 Å². The molecule has 0 spiro atoms. The lowest BCUT2D eigenvalue weighted by Gasteiger charge is -2.39. The van der Waals surface area contributed by atoms with Crippen LogP contribution in [-0.4, -0.2) is 64.9 Å². The Morgan fingerprint density at radius 3 is 2.24 bits per heavy atom. The molecule has 0 saturated carbocycles. The van der Waals surface area contributed by atoms with Gasteiger partial charge in [0, 0.05) is 44.6 Å². The molecule has 38 heavy (non-hydrogen) atoms. The van der Waals surface area contributed by atoms with E-state index < -0.39 is 0 Å². The molecule has 0 radical (unpaired) electrons. The molecule has 196 valence electrons. The first-order valence-electron chi connectivity index (χ1n) is 13.4. The van der Waals surface area contributed by atoms with E-state index in [4.69, 9.17) is 0 Å². The second-order valence-electron chi connectivity index (χ2n) is 9.94. The third-order valence-corrected chi connectivity index (χ3v) is 7.31. The second kappa shape index (κ2) is 12.2. The zero-order valence-corrected chi connectivity index (χ0v) is 21.9. The van der Waals surface area contributed by atoms with Gasteiger partial charge in [-0.3, -0.25) is 14.5 Å². The number of H-pyrrole nitrogens is 1. The van der Waals surface area contributed by atoms with E-state index in [1.807, 2.05) is 6.92 Å². The van der Waals surface area contributed by atoms with Crippen molar-refractivity contribution in [2.24, 2.45) is 0 Å². The van der Waals surface area contributed by atoms with Crippen LogP contribution in [0.25, 0.3) is 11.0 Å². The third kappa shape index (κ3) is 6.01. The number of carbonyl (C=O) groups excluding carboxylic acids is 1. The summed E-state index contributed by atoms with van der Waals surface area (Å²) in [5.74, 6) is -0.338. The molecule has 0 bridgehead atoms. The Kier molecular flexibility index (Phi) is 8.26. The number of nitrogens with one attached hydrogen (secondary N) is 2. The van der Waals surface area contributed by atoms with E-state index in [1.54, 1.807) is 12.1 Å². The van der Waals surface area contributed by atoms with E-state index in [1.165, 1.54) is 17.3 Å². The molecule has 2 aromatic heterocycles. The van der Waals surface area contributed by atoms with Gasteiger partial charge in [0.05, 0.1) is 11.4 Å². The molecule has 1 saturated heterocycles. The van der Waals surface area contributed by atoms with Gasteiger partial charge in [-0.1, -0.05) is 60.7 Å². The largest absolute Gasteiger partial charge is 0.352 e. The van der Waals surface area contributed by atoms with Crippen LogP contribution < -0.4 is 10.7 Å². The van der Waals surface area contributed by atoms with Crippen LogP contribution in [-0.2, 0) is 0 Å². The molecule has 4 aromatic rings. The van der Waals surface area contributed by atoms with Gasteiger partial charge in [0.2, 0.25) is 5.43 Å². The van der Waals surface area contributed by atoms with Gasteiger partial charge in [0.1, 0.15) is 11.2 Å². The van der Waals surface area contributed by atoms with Crippen molar-refractivity contribution in [3.63, 3.8) is 0 Å². The summed E-state index contributed by atoms with van der Waals surface area (Å²) in [4.78, 5) is 37.7. The molecule has 7 nitrogen and oxygen atoms in total. The van der Waals surface area contributed by atoms with Gasteiger partial charge in [-0.25, -0.2) is 4.98 Å². The van der Waals surface area contributed by atoms with Crippen LogP contribution >= 0.6 is 0 Å². The molecular formula is C31H35N5O2. The van der Waals surface area contributed by atoms with Crippen molar-refractivity contribution in [3.8, 4) is 0 Å². The third-order valence-electron chi connectivity index (χ3n) is 7.31. The van der Waals surface area contributed by atoms with Crippen LogP contribution in [0.2, 0.25) is 0 Å². The molecular weight excluding hydrogens is 474 g/mol. The number of unbranched alkanes of at least 4 members (excludes halogenated alkanes) is 1. The number of aryl methyl sites for hydroxylation is 1. The predicted octanol–water partition coefficient (Wildman–Crippen LogP) is 4.15. The fraction of sp³-hybridized carbons (Fsp3) is 0.323. The van der Waals surface area contributed by atoms with Crippen molar-refractivity contribution in [2.45, 2.75) is 25.8 Å². The summed E-state index contributed by atoms with van der Waals surface area (Å²) in [6.45, 7) is 7.52. The van der Waals surface area contributed by atoms with Gasteiger partial charge in [-0.2, -0.15) is 0 Å². The molecule has 1 aliphatic heterocycles. The summed E-state index contributed by atoms with van der Waals surface area (Å²) in [6.07, 6.45) is 3.33. The standard InChI is InChI=1S/C31H35N5O2/c1-23-14-15-26-29(37)27(22-33-30(26)34-23)31(38)32-16-8-9-17-35-18-20-36(21-19-35)28(24-10-4-2-5-11-24)25-12-6-3-7-13-25/h2-7,10-15,22,28H,8-9,16-21H2,1H3,(H,32,38)(H,33,34,37). The number of pyridine rings is 2. The zero-order chi connectivity index (χ0) is 26.3. The smallest absolute Gasteiger partial charge is 0.256 e. The van der Waals surface area contributed by atoms with E-state index in [0.29, 0.717) is 17.6 Å². The minimum absolute atomic E-state index is 0.130. The first-order valence-corrected chi connectivity index (χ1v) is 13.4. The Hall–Kier alpha value is -3.81. The summed E-state index contributed by atoms with van der Waals surface area (Å²) < 4.78 is 0. The first-order chi connectivity index (χ1) is 18.6.